The van der Waals surface area contributed by atoms with Crippen LogP contribution in [-0.4, -0.2) is 29.1 Å². The fourth-order valence-corrected chi connectivity index (χ4v) is 2.05. The monoisotopic (exact) mass is 275 g/mol. The van der Waals surface area contributed by atoms with Gasteiger partial charge in [-0.25, -0.2) is 13.6 Å². The van der Waals surface area contributed by atoms with Crippen LogP contribution in [0.15, 0.2) is 12.1 Å². The first-order chi connectivity index (χ1) is 8.47. The zero-order valence-electron chi connectivity index (χ0n) is 10.2. The summed E-state index contributed by atoms with van der Waals surface area (Å²) in [4.78, 5) is 10.6. The molecule has 0 amide bonds. The van der Waals surface area contributed by atoms with Gasteiger partial charge >= 0.3 is 5.97 Å². The van der Waals surface area contributed by atoms with Gasteiger partial charge in [0.15, 0.2) is 11.6 Å². The Morgan fingerprint density at radius 3 is 2.67 bits per heavy atom. The fourth-order valence-electron chi connectivity index (χ4n) is 1.46. The maximum Gasteiger partial charge on any atom is 0.338 e. The Bertz CT molecular complexity index is 440. The molecule has 3 nitrogen and oxygen atoms in total. The number of hydrogen-bond acceptors (Lipinski definition) is 3. The van der Waals surface area contributed by atoms with Crippen molar-refractivity contribution in [2.45, 2.75) is 19.4 Å². The Kier molecular flexibility index (Phi) is 5.40. The van der Waals surface area contributed by atoms with Gasteiger partial charge in [-0.05, 0) is 37.5 Å². The molecule has 0 aliphatic carbocycles. The van der Waals surface area contributed by atoms with Crippen LogP contribution in [0.4, 0.5) is 14.5 Å². The number of carboxylic acid groups (broad SMARTS) is 1. The lowest BCUT2D eigenvalue weighted by atomic mass is 10.1. The number of rotatable bonds is 6. The highest BCUT2D eigenvalue weighted by atomic mass is 32.2. The van der Waals surface area contributed by atoms with Crippen LogP contribution in [0.2, 0.25) is 0 Å². The molecule has 0 heterocycles. The predicted molar refractivity (Wildman–Crippen MR) is 69.4 cm³/mol. The zero-order valence-corrected chi connectivity index (χ0v) is 11.0. The third-order valence-electron chi connectivity index (χ3n) is 2.47. The third kappa shape index (κ3) is 3.60. The Morgan fingerprint density at radius 1 is 1.44 bits per heavy atom. The summed E-state index contributed by atoms with van der Waals surface area (Å²) in [6, 6.07) is 2.30. The summed E-state index contributed by atoms with van der Waals surface area (Å²) in [6.07, 6.45) is 2.78. The van der Waals surface area contributed by atoms with Crippen LogP contribution in [0.5, 0.6) is 0 Å². The Labute approximate surface area is 109 Å². The molecule has 0 bridgehead atoms. The van der Waals surface area contributed by atoms with Crippen molar-refractivity contribution in [2.24, 2.45) is 0 Å². The minimum Gasteiger partial charge on any atom is -0.478 e. The van der Waals surface area contributed by atoms with E-state index >= 15 is 0 Å². The van der Waals surface area contributed by atoms with Gasteiger partial charge in [-0.3, -0.25) is 0 Å². The van der Waals surface area contributed by atoms with E-state index in [0.29, 0.717) is 0 Å². The lowest BCUT2D eigenvalue weighted by Gasteiger charge is -2.15. The van der Waals surface area contributed by atoms with Crippen molar-refractivity contribution in [2.75, 3.05) is 17.3 Å². The third-order valence-corrected chi connectivity index (χ3v) is 3.11. The van der Waals surface area contributed by atoms with Crippen LogP contribution in [0, 0.1) is 11.6 Å². The Morgan fingerprint density at radius 2 is 2.11 bits per heavy atom. The van der Waals surface area contributed by atoms with Gasteiger partial charge in [0.2, 0.25) is 0 Å². The molecule has 1 atom stereocenters. The largest absolute Gasteiger partial charge is 0.478 e. The lowest BCUT2D eigenvalue weighted by molar-refractivity contribution is 0.0690. The van der Waals surface area contributed by atoms with Crippen molar-refractivity contribution in [3.05, 3.63) is 29.3 Å². The van der Waals surface area contributed by atoms with Gasteiger partial charge in [0.1, 0.15) is 0 Å². The van der Waals surface area contributed by atoms with E-state index in [1.54, 1.807) is 11.8 Å². The topological polar surface area (TPSA) is 49.3 Å². The number of halogens is 2. The molecule has 0 saturated carbocycles. The highest BCUT2D eigenvalue weighted by molar-refractivity contribution is 7.98. The molecule has 100 valence electrons. The van der Waals surface area contributed by atoms with Gasteiger partial charge in [0, 0.05) is 6.04 Å². The highest BCUT2D eigenvalue weighted by Gasteiger charge is 2.18. The molecule has 6 heteroatoms. The number of carboxylic acids is 1. The molecule has 0 saturated heterocycles. The minimum atomic E-state index is -1.48. The number of nitrogens with one attached hydrogen (secondary N) is 1. The molecule has 2 N–H and O–H groups in total. The lowest BCUT2D eigenvalue weighted by Crippen LogP contribution is -2.18. The van der Waals surface area contributed by atoms with Crippen LogP contribution >= 0.6 is 11.8 Å². The predicted octanol–water partition coefficient (Wildman–Crippen LogP) is 3.22. The number of hydrogen-bond donors (Lipinski definition) is 2. The van der Waals surface area contributed by atoms with Gasteiger partial charge < -0.3 is 10.4 Å². The van der Waals surface area contributed by atoms with Crippen molar-refractivity contribution in [1.82, 2.24) is 0 Å². The van der Waals surface area contributed by atoms with E-state index < -0.39 is 23.2 Å². The van der Waals surface area contributed by atoms with E-state index in [1.165, 1.54) is 6.07 Å². The van der Waals surface area contributed by atoms with Crippen molar-refractivity contribution >= 4 is 23.4 Å². The molecule has 1 aromatic rings. The second-order valence-corrected chi connectivity index (χ2v) is 4.91. The summed E-state index contributed by atoms with van der Waals surface area (Å²) in [5, 5.41) is 11.5. The van der Waals surface area contributed by atoms with Crippen LogP contribution in [0.25, 0.3) is 0 Å². The number of anilines is 1. The normalized spacial score (nSPS) is 12.2. The molecule has 0 aromatic heterocycles. The summed E-state index contributed by atoms with van der Waals surface area (Å²) in [5.41, 5.74) is -0.666. The quantitative estimate of drug-likeness (QED) is 0.837. The van der Waals surface area contributed by atoms with Gasteiger partial charge in [-0.2, -0.15) is 11.8 Å². The van der Waals surface area contributed by atoms with Gasteiger partial charge in [0.25, 0.3) is 0 Å². The van der Waals surface area contributed by atoms with E-state index in [-0.39, 0.29) is 11.7 Å². The second kappa shape index (κ2) is 6.58. The standard InChI is InChI=1S/C12H15F2NO2S/c1-7(5-6-18-2)15-9-4-3-8(12(16)17)10(13)11(9)14/h3-4,7,15H,5-6H2,1-2H3,(H,16,17). The van der Waals surface area contributed by atoms with Crippen molar-refractivity contribution in [3.8, 4) is 0 Å². The average Bonchev–Trinajstić information content (AvgIpc) is 2.32. The van der Waals surface area contributed by atoms with E-state index in [4.69, 9.17) is 5.11 Å². The van der Waals surface area contributed by atoms with Crippen LogP contribution in [0.1, 0.15) is 23.7 Å². The Balaban J connectivity index is 2.85. The summed E-state index contributed by atoms with van der Waals surface area (Å²) in [7, 11) is 0. The maximum absolute atomic E-state index is 13.6. The van der Waals surface area contributed by atoms with Gasteiger partial charge in [-0.1, -0.05) is 0 Å². The second-order valence-electron chi connectivity index (χ2n) is 3.92. The molecular weight excluding hydrogens is 260 g/mol. The summed E-state index contributed by atoms with van der Waals surface area (Å²) in [5.74, 6) is -3.05. The maximum atomic E-state index is 13.6. The zero-order chi connectivity index (χ0) is 13.7. The van der Waals surface area contributed by atoms with Gasteiger partial charge in [0.05, 0.1) is 11.3 Å². The first-order valence-electron chi connectivity index (χ1n) is 5.44. The average molecular weight is 275 g/mol. The first-order valence-corrected chi connectivity index (χ1v) is 6.83. The molecular formula is C12H15F2NO2S. The van der Waals surface area contributed by atoms with Crippen molar-refractivity contribution in [1.29, 1.82) is 0 Å². The van der Waals surface area contributed by atoms with Crippen LogP contribution in [-0.2, 0) is 0 Å². The summed E-state index contributed by atoms with van der Waals surface area (Å²) in [6.45, 7) is 1.86. The summed E-state index contributed by atoms with van der Waals surface area (Å²) >= 11 is 1.67. The number of thioether (sulfide) groups is 1. The first kappa shape index (κ1) is 14.8. The molecule has 0 spiro atoms. The highest BCUT2D eigenvalue weighted by Crippen LogP contribution is 2.22. The molecule has 0 radical (unpaired) electrons. The molecule has 0 aliphatic heterocycles. The minimum absolute atomic E-state index is 0.00824. The number of carbonyl (C=O) groups is 1. The SMILES string of the molecule is CSCCC(C)Nc1ccc(C(=O)O)c(F)c1F. The molecule has 0 aliphatic rings. The Hall–Kier alpha value is -1.30. The van der Waals surface area contributed by atoms with Crippen molar-refractivity contribution in [3.63, 3.8) is 0 Å². The van der Waals surface area contributed by atoms with E-state index in [9.17, 15) is 13.6 Å². The number of aromatic carboxylic acids is 1. The van der Waals surface area contributed by atoms with Crippen LogP contribution < -0.4 is 5.32 Å². The van der Waals surface area contributed by atoms with Crippen molar-refractivity contribution < 1.29 is 18.7 Å². The molecule has 1 rings (SSSR count). The van der Waals surface area contributed by atoms with E-state index in [2.05, 4.69) is 5.32 Å². The van der Waals surface area contributed by atoms with Crippen LogP contribution in [0.3, 0.4) is 0 Å². The summed E-state index contributed by atoms with van der Waals surface area (Å²) < 4.78 is 27.0. The van der Waals surface area contributed by atoms with E-state index in [1.807, 2.05) is 13.2 Å². The molecule has 0 fully saturated rings. The number of benzene rings is 1. The molecule has 1 aromatic carbocycles. The van der Waals surface area contributed by atoms with Gasteiger partial charge in [-0.15, -0.1) is 0 Å². The molecule has 18 heavy (non-hydrogen) atoms. The smallest absolute Gasteiger partial charge is 0.338 e. The fraction of sp³-hybridized carbons (Fsp3) is 0.417. The molecule has 1 unspecified atom stereocenters. The van der Waals surface area contributed by atoms with E-state index in [0.717, 1.165) is 18.2 Å².